The summed E-state index contributed by atoms with van der Waals surface area (Å²) >= 11 is 3.47. The van der Waals surface area contributed by atoms with Crippen LogP contribution in [0.3, 0.4) is 0 Å². The molecule has 14 heavy (non-hydrogen) atoms. The Labute approximate surface area is 94.2 Å². The molecule has 0 spiro atoms. The normalized spacial score (nSPS) is 39.1. The molecule has 80 valence electrons. The molecular weight excluding hydrogens is 242 g/mol. The van der Waals surface area contributed by atoms with Gasteiger partial charge in [-0.2, -0.15) is 0 Å². The van der Waals surface area contributed by atoms with E-state index in [1.54, 1.807) is 0 Å². The number of hydrogen-bond donors (Lipinski definition) is 0. The lowest BCUT2D eigenvalue weighted by atomic mass is 10.0. The molecule has 0 aromatic heterocycles. The van der Waals surface area contributed by atoms with Crippen LogP contribution in [0.1, 0.15) is 39.0 Å². The minimum atomic E-state index is 0.0871. The minimum Gasteiger partial charge on any atom is -0.338 e. The van der Waals surface area contributed by atoms with Gasteiger partial charge in [-0.3, -0.25) is 4.79 Å². The number of carbonyl (C=O) groups is 1. The van der Waals surface area contributed by atoms with E-state index in [1.165, 1.54) is 19.3 Å². The standard InChI is InChI=1S/C11H18BrNO/c1-8-4-2-6-10(8)13-7-3-5-9(12)11(13)14/h8-10H,2-7H2,1H3. The summed E-state index contributed by atoms with van der Waals surface area (Å²) in [4.78, 5) is 14.1. The van der Waals surface area contributed by atoms with Gasteiger partial charge >= 0.3 is 0 Å². The van der Waals surface area contributed by atoms with E-state index in [4.69, 9.17) is 0 Å². The summed E-state index contributed by atoms with van der Waals surface area (Å²) in [6, 6.07) is 0.530. The van der Waals surface area contributed by atoms with Gasteiger partial charge in [-0.1, -0.05) is 29.3 Å². The number of alkyl halides is 1. The van der Waals surface area contributed by atoms with Crippen LogP contribution >= 0.6 is 15.9 Å². The highest BCUT2D eigenvalue weighted by atomic mass is 79.9. The van der Waals surface area contributed by atoms with E-state index in [-0.39, 0.29) is 4.83 Å². The van der Waals surface area contributed by atoms with E-state index >= 15 is 0 Å². The predicted octanol–water partition coefficient (Wildman–Crippen LogP) is 2.56. The van der Waals surface area contributed by atoms with Gasteiger partial charge < -0.3 is 4.90 Å². The Morgan fingerprint density at radius 3 is 2.71 bits per heavy atom. The molecule has 2 fully saturated rings. The summed E-state index contributed by atoms with van der Waals surface area (Å²) in [6.45, 7) is 3.26. The molecule has 2 aliphatic rings. The van der Waals surface area contributed by atoms with Crippen molar-refractivity contribution in [1.29, 1.82) is 0 Å². The summed E-state index contributed by atoms with van der Waals surface area (Å²) in [7, 11) is 0. The average molecular weight is 260 g/mol. The Bertz CT molecular complexity index is 231. The molecule has 1 aliphatic carbocycles. The second-order valence-corrected chi connectivity index (χ2v) is 5.72. The Morgan fingerprint density at radius 2 is 2.07 bits per heavy atom. The molecule has 3 heteroatoms. The highest BCUT2D eigenvalue weighted by Gasteiger charge is 2.36. The van der Waals surface area contributed by atoms with Crippen molar-refractivity contribution < 1.29 is 4.79 Å². The van der Waals surface area contributed by atoms with Crippen molar-refractivity contribution in [3.05, 3.63) is 0 Å². The van der Waals surface area contributed by atoms with E-state index in [0.717, 1.165) is 19.4 Å². The van der Waals surface area contributed by atoms with Crippen LogP contribution < -0.4 is 0 Å². The summed E-state index contributed by atoms with van der Waals surface area (Å²) in [5.41, 5.74) is 0. The molecule has 2 nitrogen and oxygen atoms in total. The van der Waals surface area contributed by atoms with Gasteiger partial charge in [0.05, 0.1) is 4.83 Å². The van der Waals surface area contributed by atoms with Gasteiger partial charge in [0.1, 0.15) is 0 Å². The van der Waals surface area contributed by atoms with E-state index in [1.807, 2.05) is 0 Å². The fourth-order valence-corrected chi connectivity index (χ4v) is 3.36. The molecule has 1 saturated heterocycles. The SMILES string of the molecule is CC1CCCC1N1CCCC(Br)C1=O. The average Bonchev–Trinajstić information content (AvgIpc) is 2.57. The summed E-state index contributed by atoms with van der Waals surface area (Å²) in [5, 5.41) is 0. The first-order chi connectivity index (χ1) is 6.70. The van der Waals surface area contributed by atoms with E-state index in [0.29, 0.717) is 17.9 Å². The van der Waals surface area contributed by atoms with Crippen LogP contribution in [-0.4, -0.2) is 28.2 Å². The Morgan fingerprint density at radius 1 is 1.29 bits per heavy atom. The zero-order valence-electron chi connectivity index (χ0n) is 8.71. The summed E-state index contributed by atoms with van der Waals surface area (Å²) in [5.74, 6) is 1.03. The third-order valence-corrected chi connectivity index (χ3v) is 4.47. The lowest BCUT2D eigenvalue weighted by Crippen LogP contribution is -2.48. The number of halogens is 1. The molecule has 2 rings (SSSR count). The number of likely N-dealkylation sites (tertiary alicyclic amines) is 1. The molecule has 0 N–H and O–H groups in total. The quantitative estimate of drug-likeness (QED) is 0.663. The summed E-state index contributed by atoms with van der Waals surface area (Å²) in [6.07, 6.45) is 5.97. The minimum absolute atomic E-state index is 0.0871. The maximum Gasteiger partial charge on any atom is 0.236 e. The topological polar surface area (TPSA) is 20.3 Å². The molecule has 1 heterocycles. The fraction of sp³-hybridized carbons (Fsp3) is 0.909. The van der Waals surface area contributed by atoms with Crippen LogP contribution in [-0.2, 0) is 4.79 Å². The first kappa shape index (κ1) is 10.5. The molecule has 0 aromatic carbocycles. The van der Waals surface area contributed by atoms with Crippen LogP contribution in [0.5, 0.6) is 0 Å². The molecule has 1 amide bonds. The first-order valence-corrected chi connectivity index (χ1v) is 6.56. The molecule has 3 atom stereocenters. The van der Waals surface area contributed by atoms with Gasteiger partial charge in [0, 0.05) is 12.6 Å². The van der Waals surface area contributed by atoms with Gasteiger partial charge in [0.2, 0.25) is 5.91 Å². The van der Waals surface area contributed by atoms with Crippen LogP contribution in [0.4, 0.5) is 0 Å². The largest absolute Gasteiger partial charge is 0.338 e. The number of hydrogen-bond acceptors (Lipinski definition) is 1. The number of nitrogens with zero attached hydrogens (tertiary/aromatic N) is 1. The predicted molar refractivity (Wildman–Crippen MR) is 60.5 cm³/mol. The molecule has 3 unspecified atom stereocenters. The zero-order chi connectivity index (χ0) is 10.1. The zero-order valence-corrected chi connectivity index (χ0v) is 10.3. The third-order valence-electron chi connectivity index (χ3n) is 3.62. The van der Waals surface area contributed by atoms with Crippen molar-refractivity contribution in [2.24, 2.45) is 5.92 Å². The van der Waals surface area contributed by atoms with Gasteiger partial charge in [-0.15, -0.1) is 0 Å². The smallest absolute Gasteiger partial charge is 0.236 e. The van der Waals surface area contributed by atoms with Crippen LogP contribution in [0.15, 0.2) is 0 Å². The molecular formula is C11H18BrNO. The molecule has 0 radical (unpaired) electrons. The second kappa shape index (κ2) is 4.21. The third kappa shape index (κ3) is 1.83. The number of carbonyl (C=O) groups excluding carboxylic acids is 1. The maximum atomic E-state index is 11.9. The fourth-order valence-electron chi connectivity index (χ4n) is 2.77. The van der Waals surface area contributed by atoms with Crippen molar-refractivity contribution in [3.63, 3.8) is 0 Å². The van der Waals surface area contributed by atoms with Gasteiger partial charge in [0.25, 0.3) is 0 Å². The monoisotopic (exact) mass is 259 g/mol. The van der Waals surface area contributed by atoms with Crippen molar-refractivity contribution in [1.82, 2.24) is 4.90 Å². The second-order valence-electron chi connectivity index (χ2n) is 4.62. The van der Waals surface area contributed by atoms with Crippen molar-refractivity contribution >= 4 is 21.8 Å². The number of piperidine rings is 1. The van der Waals surface area contributed by atoms with Gasteiger partial charge in [0.15, 0.2) is 0 Å². The number of rotatable bonds is 1. The van der Waals surface area contributed by atoms with Crippen molar-refractivity contribution in [3.8, 4) is 0 Å². The lowest BCUT2D eigenvalue weighted by Gasteiger charge is -2.36. The van der Waals surface area contributed by atoms with E-state index < -0.39 is 0 Å². The lowest BCUT2D eigenvalue weighted by molar-refractivity contribution is -0.135. The molecule has 1 saturated carbocycles. The number of amides is 1. The van der Waals surface area contributed by atoms with E-state index in [9.17, 15) is 4.79 Å². The Hall–Kier alpha value is -0.0500. The van der Waals surface area contributed by atoms with Crippen LogP contribution in [0.25, 0.3) is 0 Å². The van der Waals surface area contributed by atoms with Crippen LogP contribution in [0, 0.1) is 5.92 Å². The molecule has 0 bridgehead atoms. The molecule has 0 aromatic rings. The molecule has 1 aliphatic heterocycles. The maximum absolute atomic E-state index is 11.9. The first-order valence-electron chi connectivity index (χ1n) is 5.64. The van der Waals surface area contributed by atoms with Crippen molar-refractivity contribution in [2.75, 3.05) is 6.54 Å². The van der Waals surface area contributed by atoms with E-state index in [2.05, 4.69) is 27.8 Å². The van der Waals surface area contributed by atoms with Crippen LogP contribution in [0.2, 0.25) is 0 Å². The van der Waals surface area contributed by atoms with Gasteiger partial charge in [-0.05, 0) is 31.6 Å². The Balaban J connectivity index is 2.05. The van der Waals surface area contributed by atoms with Gasteiger partial charge in [-0.25, -0.2) is 0 Å². The Kier molecular flexibility index (Phi) is 3.15. The summed E-state index contributed by atoms with van der Waals surface area (Å²) < 4.78 is 0. The highest BCUT2D eigenvalue weighted by molar-refractivity contribution is 9.10. The highest BCUT2D eigenvalue weighted by Crippen LogP contribution is 2.32. The van der Waals surface area contributed by atoms with Crippen molar-refractivity contribution in [2.45, 2.75) is 49.9 Å².